The molecule has 2 aromatic carbocycles. The Kier molecular flexibility index (Phi) is 8.29. The second-order valence-electron chi connectivity index (χ2n) is 8.12. The number of hydrogen-bond donors (Lipinski definition) is 1. The minimum Gasteiger partial charge on any atom is -0.457 e. The lowest BCUT2D eigenvalue weighted by atomic mass is 9.87. The quantitative estimate of drug-likeness (QED) is 0.324. The van der Waals surface area contributed by atoms with Crippen LogP contribution >= 0.6 is 0 Å². The van der Waals surface area contributed by atoms with Crippen LogP contribution in [-0.2, 0) is 4.74 Å². The fourth-order valence-electron chi connectivity index (χ4n) is 3.98. The highest BCUT2D eigenvalue weighted by molar-refractivity contribution is 5.52. The van der Waals surface area contributed by atoms with Crippen LogP contribution in [0.4, 0.5) is 36.4 Å². The normalized spacial score (nSPS) is 17.3. The van der Waals surface area contributed by atoms with Gasteiger partial charge in [-0.05, 0) is 49.2 Å². The summed E-state index contributed by atoms with van der Waals surface area (Å²) in [6.45, 7) is -1.17. The molecule has 2 aromatic rings. The minimum absolute atomic E-state index is 0.0530. The lowest BCUT2D eigenvalue weighted by Crippen LogP contribution is -2.51. The monoisotopic (exact) mass is 495 g/mol. The van der Waals surface area contributed by atoms with Crippen LogP contribution in [0, 0.1) is 11.7 Å². The molecule has 1 N–H and O–H groups in total. The van der Waals surface area contributed by atoms with E-state index >= 15 is 0 Å². The fourth-order valence-corrected chi connectivity index (χ4v) is 3.98. The Balaban J connectivity index is 1.97. The van der Waals surface area contributed by atoms with Gasteiger partial charge in [-0.15, -0.1) is 13.2 Å². The largest absolute Gasteiger partial charge is 0.524 e. The maximum absolute atomic E-state index is 13.3. The smallest absolute Gasteiger partial charge is 0.457 e. The zero-order valence-electron chi connectivity index (χ0n) is 18.0. The Bertz CT molecular complexity index is 912. The molecule has 0 radical (unpaired) electrons. The number of aliphatic hydroxyl groups excluding tert-OH is 1. The molecule has 2 atom stereocenters. The third kappa shape index (κ3) is 7.49. The number of aliphatic hydroxyl groups is 1. The molecule has 1 fully saturated rings. The first-order valence-electron chi connectivity index (χ1n) is 10.7. The molecule has 0 amide bonds. The number of hydrogen-bond acceptors (Lipinski definition) is 4. The summed E-state index contributed by atoms with van der Waals surface area (Å²) in [5, 5.41) is 9.72. The van der Waals surface area contributed by atoms with E-state index in [1.54, 1.807) is 0 Å². The molecular weight excluding hydrogens is 471 g/mol. The van der Waals surface area contributed by atoms with Crippen molar-refractivity contribution in [1.29, 1.82) is 0 Å². The molecule has 0 aromatic heterocycles. The number of rotatable bonds is 8. The Morgan fingerprint density at radius 2 is 1.56 bits per heavy atom. The predicted octanol–water partition coefficient (Wildman–Crippen LogP) is 6.79. The molecule has 2 unspecified atom stereocenters. The van der Waals surface area contributed by atoms with Crippen LogP contribution in [0.3, 0.4) is 0 Å². The second kappa shape index (κ2) is 10.8. The zero-order chi connectivity index (χ0) is 24.9. The number of anilines is 1. The molecule has 1 aliphatic carbocycles. The lowest BCUT2D eigenvalue weighted by molar-refractivity contribution is -0.349. The van der Waals surface area contributed by atoms with Crippen molar-refractivity contribution in [3.63, 3.8) is 0 Å². The molecule has 4 nitrogen and oxygen atoms in total. The van der Waals surface area contributed by atoms with Gasteiger partial charge in [0, 0.05) is 17.7 Å². The molecule has 0 heterocycles. The SMILES string of the molecule is OC(CN(c1cccc(Oc2ccc(F)cc2)c1)C(OC(F)(F)F)C1CCCCC1)C(F)(F)F. The molecule has 0 saturated heterocycles. The Morgan fingerprint density at radius 3 is 2.15 bits per heavy atom. The van der Waals surface area contributed by atoms with Crippen molar-refractivity contribution in [2.24, 2.45) is 5.92 Å². The van der Waals surface area contributed by atoms with E-state index in [-0.39, 0.29) is 17.2 Å². The van der Waals surface area contributed by atoms with E-state index in [2.05, 4.69) is 4.74 Å². The van der Waals surface area contributed by atoms with Crippen LogP contribution in [0.25, 0.3) is 0 Å². The Labute approximate surface area is 191 Å². The molecule has 34 heavy (non-hydrogen) atoms. The van der Waals surface area contributed by atoms with E-state index in [1.165, 1.54) is 36.4 Å². The molecule has 188 valence electrons. The highest BCUT2D eigenvalue weighted by Crippen LogP contribution is 2.37. The lowest BCUT2D eigenvalue weighted by Gasteiger charge is -2.41. The molecule has 11 heteroatoms. The van der Waals surface area contributed by atoms with Crippen LogP contribution in [-0.4, -0.2) is 36.5 Å². The van der Waals surface area contributed by atoms with E-state index in [4.69, 9.17) is 4.74 Å². The van der Waals surface area contributed by atoms with Crippen molar-refractivity contribution in [2.45, 2.75) is 57.0 Å². The average Bonchev–Trinajstić information content (AvgIpc) is 2.77. The summed E-state index contributed by atoms with van der Waals surface area (Å²) in [6.07, 6.45) is -12.1. The minimum atomic E-state index is -5.11. The van der Waals surface area contributed by atoms with Crippen molar-refractivity contribution in [2.75, 3.05) is 11.4 Å². The van der Waals surface area contributed by atoms with Gasteiger partial charge in [0.1, 0.15) is 23.5 Å². The van der Waals surface area contributed by atoms with Crippen molar-refractivity contribution >= 4 is 5.69 Å². The number of benzene rings is 2. The van der Waals surface area contributed by atoms with Gasteiger partial charge in [0.25, 0.3) is 0 Å². The summed E-state index contributed by atoms with van der Waals surface area (Å²) < 4.78 is 103. The van der Waals surface area contributed by atoms with Gasteiger partial charge in [0.15, 0.2) is 6.10 Å². The van der Waals surface area contributed by atoms with E-state index in [9.17, 15) is 35.8 Å². The standard InChI is InChI=1S/C23H24F7NO3/c24-16-9-11-18(12-10-16)33-19-8-4-7-17(13-19)31(14-20(32)22(25,26)27)21(34-23(28,29)30)15-5-2-1-3-6-15/h4,7-13,15,20-21,32H,1-3,5-6,14H2. The summed E-state index contributed by atoms with van der Waals surface area (Å²) in [5.74, 6) is -0.883. The maximum atomic E-state index is 13.3. The highest BCUT2D eigenvalue weighted by Gasteiger charge is 2.45. The molecule has 0 bridgehead atoms. The van der Waals surface area contributed by atoms with Crippen molar-refractivity contribution in [3.8, 4) is 11.5 Å². The highest BCUT2D eigenvalue weighted by atomic mass is 19.4. The van der Waals surface area contributed by atoms with Gasteiger partial charge in [-0.25, -0.2) is 4.39 Å². The third-order valence-electron chi connectivity index (χ3n) is 5.56. The van der Waals surface area contributed by atoms with Crippen LogP contribution in [0.5, 0.6) is 11.5 Å². The third-order valence-corrected chi connectivity index (χ3v) is 5.56. The fraction of sp³-hybridized carbons (Fsp3) is 0.478. The molecule has 3 rings (SSSR count). The van der Waals surface area contributed by atoms with E-state index in [0.29, 0.717) is 25.7 Å². The summed E-state index contributed by atoms with van der Waals surface area (Å²) in [4.78, 5) is 0.791. The van der Waals surface area contributed by atoms with E-state index < -0.39 is 43.2 Å². The van der Waals surface area contributed by atoms with Gasteiger partial charge in [-0.3, -0.25) is 4.74 Å². The first-order chi connectivity index (χ1) is 15.9. The molecule has 0 aliphatic heterocycles. The summed E-state index contributed by atoms with van der Waals surface area (Å²) >= 11 is 0. The first-order valence-corrected chi connectivity index (χ1v) is 10.7. The second-order valence-corrected chi connectivity index (χ2v) is 8.12. The topological polar surface area (TPSA) is 41.9 Å². The van der Waals surface area contributed by atoms with Crippen LogP contribution in [0.2, 0.25) is 0 Å². The molecule has 1 saturated carbocycles. The average molecular weight is 495 g/mol. The van der Waals surface area contributed by atoms with Crippen LogP contribution < -0.4 is 9.64 Å². The van der Waals surface area contributed by atoms with Crippen molar-refractivity contribution in [3.05, 3.63) is 54.3 Å². The predicted molar refractivity (Wildman–Crippen MR) is 110 cm³/mol. The number of halogens is 7. The van der Waals surface area contributed by atoms with Gasteiger partial charge in [0.05, 0.1) is 6.54 Å². The first kappa shape index (κ1) is 26.1. The molecular formula is C23H24F7NO3. The van der Waals surface area contributed by atoms with Gasteiger partial charge in [-0.1, -0.05) is 25.3 Å². The van der Waals surface area contributed by atoms with Crippen LogP contribution in [0.1, 0.15) is 32.1 Å². The van der Waals surface area contributed by atoms with Gasteiger partial charge < -0.3 is 14.7 Å². The van der Waals surface area contributed by atoms with Crippen LogP contribution in [0.15, 0.2) is 48.5 Å². The van der Waals surface area contributed by atoms with E-state index in [1.807, 2.05) is 0 Å². The van der Waals surface area contributed by atoms with Crippen molar-refractivity contribution in [1.82, 2.24) is 0 Å². The molecule has 1 aliphatic rings. The molecule has 0 spiro atoms. The summed E-state index contributed by atoms with van der Waals surface area (Å²) in [6, 6.07) is 10.3. The van der Waals surface area contributed by atoms with E-state index in [0.717, 1.165) is 23.5 Å². The van der Waals surface area contributed by atoms with Gasteiger partial charge in [-0.2, -0.15) is 13.2 Å². The van der Waals surface area contributed by atoms with Crippen molar-refractivity contribution < 1.29 is 45.3 Å². The summed E-state index contributed by atoms with van der Waals surface area (Å²) in [7, 11) is 0. The number of alkyl halides is 6. The zero-order valence-corrected chi connectivity index (χ0v) is 18.0. The maximum Gasteiger partial charge on any atom is 0.524 e. The number of nitrogens with zero attached hydrogens (tertiary/aromatic N) is 1. The van der Waals surface area contributed by atoms with Gasteiger partial charge >= 0.3 is 12.5 Å². The van der Waals surface area contributed by atoms with Gasteiger partial charge in [0.2, 0.25) is 0 Å². The number of ether oxygens (including phenoxy) is 2. The Hall–Kier alpha value is -2.53. The summed E-state index contributed by atoms with van der Waals surface area (Å²) in [5.41, 5.74) is -0.0530. The Morgan fingerprint density at radius 1 is 0.912 bits per heavy atom.